The Labute approximate surface area is 132 Å². The third kappa shape index (κ3) is 5.06. The van der Waals surface area contributed by atoms with Crippen LogP contribution in [0.2, 0.25) is 0 Å². The molecule has 0 saturated carbocycles. The lowest BCUT2D eigenvalue weighted by atomic mass is 10.2. The molecular formula is C14H18N2O7. The summed E-state index contributed by atoms with van der Waals surface area (Å²) in [4.78, 5) is 34.0. The van der Waals surface area contributed by atoms with E-state index in [0.717, 1.165) is 0 Å². The van der Waals surface area contributed by atoms with Gasteiger partial charge in [0.05, 0.1) is 26.9 Å². The summed E-state index contributed by atoms with van der Waals surface area (Å²) in [6.45, 7) is 0.665. The van der Waals surface area contributed by atoms with E-state index in [9.17, 15) is 14.4 Å². The first-order valence-corrected chi connectivity index (χ1v) is 6.45. The minimum Gasteiger partial charge on any atom is -0.493 e. The van der Waals surface area contributed by atoms with E-state index < -0.39 is 24.4 Å². The van der Waals surface area contributed by atoms with E-state index in [2.05, 4.69) is 10.9 Å². The Hall–Kier alpha value is -2.97. The van der Waals surface area contributed by atoms with Crippen LogP contribution in [0.1, 0.15) is 17.3 Å². The molecular weight excluding hydrogens is 308 g/mol. The summed E-state index contributed by atoms with van der Waals surface area (Å²) >= 11 is 0. The van der Waals surface area contributed by atoms with E-state index in [1.54, 1.807) is 0 Å². The summed E-state index contributed by atoms with van der Waals surface area (Å²) in [5.74, 6) is -1.00. The number of amides is 2. The van der Waals surface area contributed by atoms with Crippen LogP contribution in [0, 0.1) is 0 Å². The minimum absolute atomic E-state index is 0.117. The molecule has 126 valence electrons. The molecule has 0 atom stereocenters. The molecule has 0 aromatic heterocycles. The van der Waals surface area contributed by atoms with Crippen LogP contribution >= 0.6 is 0 Å². The van der Waals surface area contributed by atoms with Gasteiger partial charge in [0.25, 0.3) is 5.91 Å². The van der Waals surface area contributed by atoms with Gasteiger partial charge in [-0.15, -0.1) is 0 Å². The highest BCUT2D eigenvalue weighted by Crippen LogP contribution is 2.38. The molecule has 0 unspecified atom stereocenters. The van der Waals surface area contributed by atoms with Crippen LogP contribution in [-0.4, -0.2) is 45.7 Å². The Bertz CT molecular complexity index is 576. The van der Waals surface area contributed by atoms with Crippen molar-refractivity contribution in [2.45, 2.75) is 6.92 Å². The van der Waals surface area contributed by atoms with E-state index in [0.29, 0.717) is 5.75 Å². The van der Waals surface area contributed by atoms with E-state index in [4.69, 9.17) is 18.9 Å². The maximum atomic E-state index is 12.0. The number of ether oxygens (including phenoxy) is 4. The van der Waals surface area contributed by atoms with Crippen LogP contribution in [-0.2, 0) is 14.3 Å². The van der Waals surface area contributed by atoms with Gasteiger partial charge in [0.2, 0.25) is 11.7 Å². The smallest absolute Gasteiger partial charge is 0.338 e. The van der Waals surface area contributed by atoms with Crippen molar-refractivity contribution in [3.63, 3.8) is 0 Å². The molecule has 9 heteroatoms. The lowest BCUT2D eigenvalue weighted by Crippen LogP contribution is -2.42. The third-order valence-corrected chi connectivity index (χ3v) is 2.61. The largest absolute Gasteiger partial charge is 0.493 e. The lowest BCUT2D eigenvalue weighted by molar-refractivity contribution is -0.129. The van der Waals surface area contributed by atoms with Gasteiger partial charge in [0.15, 0.2) is 18.1 Å². The van der Waals surface area contributed by atoms with Crippen molar-refractivity contribution >= 4 is 17.8 Å². The van der Waals surface area contributed by atoms with Crippen LogP contribution in [0.15, 0.2) is 12.1 Å². The van der Waals surface area contributed by atoms with Crippen LogP contribution in [0.4, 0.5) is 0 Å². The molecule has 0 aliphatic heterocycles. The highest BCUT2D eigenvalue weighted by molar-refractivity contribution is 5.93. The molecule has 1 aromatic rings. The Morgan fingerprint density at radius 3 is 1.96 bits per heavy atom. The second-order valence-corrected chi connectivity index (χ2v) is 4.22. The molecule has 0 aliphatic carbocycles. The van der Waals surface area contributed by atoms with Gasteiger partial charge in [-0.3, -0.25) is 20.4 Å². The Kier molecular flexibility index (Phi) is 6.66. The summed E-state index contributed by atoms with van der Waals surface area (Å²) < 4.78 is 20.2. The first-order chi connectivity index (χ1) is 10.9. The fraction of sp³-hybridized carbons (Fsp3) is 0.357. The third-order valence-electron chi connectivity index (χ3n) is 2.61. The number of esters is 1. The van der Waals surface area contributed by atoms with Crippen LogP contribution < -0.4 is 25.1 Å². The Morgan fingerprint density at radius 2 is 1.52 bits per heavy atom. The second-order valence-electron chi connectivity index (χ2n) is 4.22. The number of hydrogen-bond acceptors (Lipinski definition) is 7. The van der Waals surface area contributed by atoms with Crippen molar-refractivity contribution in [3.8, 4) is 17.2 Å². The molecule has 0 saturated heterocycles. The van der Waals surface area contributed by atoms with Crippen molar-refractivity contribution in [1.29, 1.82) is 0 Å². The van der Waals surface area contributed by atoms with Crippen molar-refractivity contribution in [1.82, 2.24) is 10.9 Å². The van der Waals surface area contributed by atoms with Crippen LogP contribution in [0.3, 0.4) is 0 Å². The van der Waals surface area contributed by atoms with Gasteiger partial charge >= 0.3 is 5.97 Å². The number of carbonyl (C=O) groups is 3. The summed E-state index contributed by atoms with van der Waals surface area (Å²) in [7, 11) is 4.26. The quantitative estimate of drug-likeness (QED) is 0.560. The molecule has 0 spiro atoms. The molecule has 0 bridgehead atoms. The molecule has 0 aliphatic rings. The number of methoxy groups -OCH3 is 3. The predicted molar refractivity (Wildman–Crippen MR) is 78.3 cm³/mol. The van der Waals surface area contributed by atoms with E-state index in [1.807, 2.05) is 0 Å². The summed E-state index contributed by atoms with van der Waals surface area (Å²) in [5, 5.41) is 0. The average Bonchev–Trinajstić information content (AvgIpc) is 2.56. The van der Waals surface area contributed by atoms with E-state index >= 15 is 0 Å². The fourth-order valence-electron chi connectivity index (χ4n) is 1.61. The molecule has 1 aromatic carbocycles. The fourth-order valence-corrected chi connectivity index (χ4v) is 1.61. The molecule has 2 N–H and O–H groups in total. The van der Waals surface area contributed by atoms with Crippen molar-refractivity contribution in [3.05, 3.63) is 17.7 Å². The average molecular weight is 326 g/mol. The molecule has 1 rings (SSSR count). The summed E-state index contributed by atoms with van der Waals surface area (Å²) in [5.41, 5.74) is 4.26. The van der Waals surface area contributed by atoms with Crippen LogP contribution in [0.5, 0.6) is 17.2 Å². The first-order valence-electron chi connectivity index (χ1n) is 6.45. The van der Waals surface area contributed by atoms with E-state index in [-0.39, 0.29) is 17.1 Å². The lowest BCUT2D eigenvalue weighted by Gasteiger charge is -2.13. The second kappa shape index (κ2) is 8.47. The number of nitrogens with one attached hydrogen (secondary N) is 2. The highest BCUT2D eigenvalue weighted by atomic mass is 16.5. The molecule has 2 amide bonds. The molecule has 0 radical (unpaired) electrons. The van der Waals surface area contributed by atoms with Gasteiger partial charge in [0, 0.05) is 6.92 Å². The zero-order chi connectivity index (χ0) is 17.4. The Morgan fingerprint density at radius 1 is 0.957 bits per heavy atom. The standard InChI is InChI=1S/C14H18N2O7/c1-8(17)15-16-12(18)7-23-14(19)9-5-10(20-2)13(22-4)11(6-9)21-3/h5-6H,7H2,1-4H3,(H,15,17)(H,16,18). The topological polar surface area (TPSA) is 112 Å². The van der Waals surface area contributed by atoms with E-state index in [1.165, 1.54) is 40.4 Å². The van der Waals surface area contributed by atoms with Crippen molar-refractivity contribution in [2.75, 3.05) is 27.9 Å². The summed E-state index contributed by atoms with van der Waals surface area (Å²) in [6.07, 6.45) is 0. The SMILES string of the molecule is COc1cc(C(=O)OCC(=O)NNC(C)=O)cc(OC)c1OC. The monoisotopic (exact) mass is 326 g/mol. The normalized spacial score (nSPS) is 9.57. The maximum absolute atomic E-state index is 12.0. The van der Waals surface area contributed by atoms with Gasteiger partial charge in [-0.05, 0) is 12.1 Å². The number of benzene rings is 1. The van der Waals surface area contributed by atoms with Gasteiger partial charge in [-0.25, -0.2) is 4.79 Å². The van der Waals surface area contributed by atoms with Gasteiger partial charge in [0.1, 0.15) is 0 Å². The highest BCUT2D eigenvalue weighted by Gasteiger charge is 2.18. The molecule has 23 heavy (non-hydrogen) atoms. The summed E-state index contributed by atoms with van der Waals surface area (Å²) in [6, 6.07) is 2.80. The minimum atomic E-state index is -0.762. The molecule has 9 nitrogen and oxygen atoms in total. The maximum Gasteiger partial charge on any atom is 0.338 e. The van der Waals surface area contributed by atoms with Gasteiger partial charge < -0.3 is 18.9 Å². The number of hydrazine groups is 1. The number of hydrogen-bond donors (Lipinski definition) is 2. The zero-order valence-corrected chi connectivity index (χ0v) is 13.2. The van der Waals surface area contributed by atoms with Gasteiger partial charge in [-0.2, -0.15) is 0 Å². The predicted octanol–water partition coefficient (Wildman–Crippen LogP) is 0.0365. The molecule has 0 fully saturated rings. The molecule has 0 heterocycles. The van der Waals surface area contributed by atoms with Crippen molar-refractivity contribution in [2.24, 2.45) is 0 Å². The zero-order valence-electron chi connectivity index (χ0n) is 13.2. The van der Waals surface area contributed by atoms with Crippen molar-refractivity contribution < 1.29 is 33.3 Å². The van der Waals surface area contributed by atoms with Gasteiger partial charge in [-0.1, -0.05) is 0 Å². The van der Waals surface area contributed by atoms with Crippen LogP contribution in [0.25, 0.3) is 0 Å². The Balaban J connectivity index is 2.80. The number of rotatable bonds is 6. The number of carbonyl (C=O) groups excluding carboxylic acids is 3. The first kappa shape index (κ1) is 18.1.